The lowest BCUT2D eigenvalue weighted by atomic mass is 9.75. The van der Waals surface area contributed by atoms with Crippen molar-refractivity contribution < 1.29 is 33.4 Å². The van der Waals surface area contributed by atoms with E-state index in [0.717, 1.165) is 0 Å². The molecule has 0 aliphatic carbocycles. The largest absolute Gasteiger partial charge is 0.468 e. The molecular weight excluding hydrogens is 538 g/mol. The Kier molecular flexibility index (Phi) is 11.0. The van der Waals surface area contributed by atoms with Crippen LogP contribution >= 0.6 is 11.6 Å². The minimum absolute atomic E-state index is 0.0826. The van der Waals surface area contributed by atoms with Crippen LogP contribution in [0.3, 0.4) is 0 Å². The lowest BCUT2D eigenvalue weighted by Crippen LogP contribution is -2.37. The number of benzene rings is 2. The van der Waals surface area contributed by atoms with E-state index in [9.17, 15) is 19.2 Å². The zero-order valence-electron chi connectivity index (χ0n) is 22.8. The van der Waals surface area contributed by atoms with Gasteiger partial charge in [-0.15, -0.1) is 0 Å². The van der Waals surface area contributed by atoms with Crippen LogP contribution in [0.5, 0.6) is 0 Å². The Hall–Kier alpha value is -4.02. The molecule has 10 nitrogen and oxygen atoms in total. The van der Waals surface area contributed by atoms with Crippen molar-refractivity contribution in [2.24, 2.45) is 10.9 Å². The summed E-state index contributed by atoms with van der Waals surface area (Å²) in [6.07, 6.45) is 0. The predicted molar refractivity (Wildman–Crippen MR) is 149 cm³/mol. The van der Waals surface area contributed by atoms with Crippen LogP contribution in [0.1, 0.15) is 46.0 Å². The Labute approximate surface area is 237 Å². The maximum atomic E-state index is 13.2. The molecule has 2 aromatic carbocycles. The summed E-state index contributed by atoms with van der Waals surface area (Å²) in [4.78, 5) is 55.4. The van der Waals surface area contributed by atoms with Crippen LogP contribution in [0, 0.1) is 5.92 Å². The third kappa shape index (κ3) is 6.94. The molecule has 212 valence electrons. The van der Waals surface area contributed by atoms with Gasteiger partial charge in [0.1, 0.15) is 5.92 Å². The van der Waals surface area contributed by atoms with E-state index in [1.165, 1.54) is 14.2 Å². The molecule has 40 heavy (non-hydrogen) atoms. The molecule has 0 saturated carbocycles. The van der Waals surface area contributed by atoms with Gasteiger partial charge in [0.2, 0.25) is 0 Å². The number of carbonyl (C=O) groups is 4. The van der Waals surface area contributed by atoms with Crippen molar-refractivity contribution in [1.29, 1.82) is 0 Å². The Bertz CT molecular complexity index is 1340. The maximum absolute atomic E-state index is 13.2. The molecule has 3 rings (SSSR count). The molecule has 0 bridgehead atoms. The van der Waals surface area contributed by atoms with E-state index in [-0.39, 0.29) is 54.7 Å². The average molecular weight is 570 g/mol. The predicted octanol–water partition coefficient (Wildman–Crippen LogP) is 3.31. The molecule has 2 atom stereocenters. The summed E-state index contributed by atoms with van der Waals surface area (Å²) in [5, 5.41) is 5.61. The van der Waals surface area contributed by atoms with Crippen LogP contribution in [-0.4, -0.2) is 70.0 Å². The Morgan fingerprint density at radius 3 is 2.27 bits per heavy atom. The van der Waals surface area contributed by atoms with Crippen LogP contribution in [0.15, 0.2) is 64.8 Å². The van der Waals surface area contributed by atoms with Crippen LogP contribution < -0.4 is 10.6 Å². The second-order valence-corrected chi connectivity index (χ2v) is 9.17. The van der Waals surface area contributed by atoms with Gasteiger partial charge in [-0.25, -0.2) is 4.79 Å². The van der Waals surface area contributed by atoms with Gasteiger partial charge >= 0.3 is 11.9 Å². The summed E-state index contributed by atoms with van der Waals surface area (Å²) in [5.74, 6) is -3.71. The van der Waals surface area contributed by atoms with Gasteiger partial charge in [-0.3, -0.25) is 19.4 Å². The fourth-order valence-electron chi connectivity index (χ4n) is 4.50. The lowest BCUT2D eigenvalue weighted by molar-refractivity contribution is -0.144. The van der Waals surface area contributed by atoms with Gasteiger partial charge in [0.05, 0.1) is 49.3 Å². The maximum Gasteiger partial charge on any atom is 0.336 e. The number of nitrogens with zero attached hydrogens (tertiary/aromatic N) is 1. The van der Waals surface area contributed by atoms with Crippen molar-refractivity contribution in [2.45, 2.75) is 19.8 Å². The normalized spacial score (nSPS) is 16.6. The average Bonchev–Trinajstić information content (AvgIpc) is 2.96. The van der Waals surface area contributed by atoms with E-state index in [1.54, 1.807) is 62.4 Å². The number of halogens is 1. The highest BCUT2D eigenvalue weighted by Crippen LogP contribution is 2.42. The highest BCUT2D eigenvalue weighted by atomic mass is 35.5. The van der Waals surface area contributed by atoms with Gasteiger partial charge in [0, 0.05) is 30.2 Å². The second-order valence-electron chi connectivity index (χ2n) is 8.77. The summed E-state index contributed by atoms with van der Waals surface area (Å²) in [6.45, 7) is 3.59. The van der Waals surface area contributed by atoms with Gasteiger partial charge in [-0.05, 0) is 37.6 Å². The third-order valence-electron chi connectivity index (χ3n) is 6.32. The van der Waals surface area contributed by atoms with Crippen molar-refractivity contribution >= 4 is 41.1 Å². The molecule has 1 aliphatic rings. The molecule has 2 amide bonds. The topological polar surface area (TPSA) is 132 Å². The smallest absolute Gasteiger partial charge is 0.336 e. The fourth-order valence-corrected chi connectivity index (χ4v) is 4.76. The zero-order valence-corrected chi connectivity index (χ0v) is 23.5. The number of ether oxygens (including phenoxy) is 3. The molecule has 1 heterocycles. The minimum Gasteiger partial charge on any atom is -0.468 e. The first kappa shape index (κ1) is 30.5. The van der Waals surface area contributed by atoms with Gasteiger partial charge in [-0.1, -0.05) is 41.9 Å². The molecule has 11 heteroatoms. The van der Waals surface area contributed by atoms with Crippen molar-refractivity contribution in [3.05, 3.63) is 81.5 Å². The van der Waals surface area contributed by atoms with E-state index in [1.807, 2.05) is 0 Å². The highest BCUT2D eigenvalue weighted by Gasteiger charge is 2.43. The Morgan fingerprint density at radius 2 is 1.65 bits per heavy atom. The number of methoxy groups -OCH3 is 1. The lowest BCUT2D eigenvalue weighted by Gasteiger charge is -2.32. The monoisotopic (exact) mass is 569 g/mol. The van der Waals surface area contributed by atoms with Crippen molar-refractivity contribution in [3.8, 4) is 0 Å². The van der Waals surface area contributed by atoms with Crippen molar-refractivity contribution in [2.75, 3.05) is 40.5 Å². The summed E-state index contributed by atoms with van der Waals surface area (Å²) in [6, 6.07) is 13.4. The fraction of sp³-hybridized carbons (Fsp3) is 0.345. The number of nitrogens with one attached hydrogen (secondary N) is 2. The molecule has 1 aliphatic heterocycles. The molecule has 0 saturated heterocycles. The van der Waals surface area contributed by atoms with Crippen LogP contribution in [0.25, 0.3) is 0 Å². The van der Waals surface area contributed by atoms with Crippen LogP contribution in [0.4, 0.5) is 0 Å². The molecule has 0 radical (unpaired) electrons. The second kappa shape index (κ2) is 14.4. The number of hydrogen-bond acceptors (Lipinski definition) is 8. The van der Waals surface area contributed by atoms with E-state index in [0.29, 0.717) is 16.3 Å². The number of carbonyl (C=O) groups excluding carboxylic acids is 4. The van der Waals surface area contributed by atoms with E-state index in [2.05, 4.69) is 15.6 Å². The molecule has 2 N–H and O–H groups in total. The third-order valence-corrected chi connectivity index (χ3v) is 6.67. The van der Waals surface area contributed by atoms with Crippen LogP contribution in [0.2, 0.25) is 5.02 Å². The molecule has 0 aromatic heterocycles. The van der Waals surface area contributed by atoms with Gasteiger partial charge in [-0.2, -0.15) is 0 Å². The summed E-state index contributed by atoms with van der Waals surface area (Å²) in [7, 11) is 2.76. The van der Waals surface area contributed by atoms with Crippen molar-refractivity contribution in [1.82, 2.24) is 10.6 Å². The zero-order chi connectivity index (χ0) is 29.2. The Morgan fingerprint density at radius 1 is 1.00 bits per heavy atom. The molecule has 2 aromatic rings. The minimum atomic E-state index is -0.896. The number of esters is 2. The Balaban J connectivity index is 1.82. The number of rotatable bonds is 11. The number of aliphatic imine (C=N–C) groups is 1. The molecule has 2 unspecified atom stereocenters. The summed E-state index contributed by atoms with van der Waals surface area (Å²) >= 11 is 6.52. The van der Waals surface area contributed by atoms with Gasteiger partial charge in [0.25, 0.3) is 11.8 Å². The molecule has 0 spiro atoms. The molecular formula is C29H32ClN3O7. The quantitative estimate of drug-likeness (QED) is 0.313. The van der Waals surface area contributed by atoms with E-state index in [4.69, 9.17) is 25.8 Å². The van der Waals surface area contributed by atoms with Crippen molar-refractivity contribution in [3.63, 3.8) is 0 Å². The van der Waals surface area contributed by atoms with Crippen LogP contribution in [-0.2, 0) is 23.8 Å². The standard InChI is InChI=1S/C29H32ClN3O7/c1-5-40-29(37)25-22(16-39-15-14-32-27(35)19-11-7-6-10-18(19)26(34)31-3)33-17(2)23(28(36)38-4)24(25)20-12-8-9-13-21(20)30/h6-13,23-24H,5,14-16H2,1-4H3,(H,31,34)(H,32,35). The van der Waals surface area contributed by atoms with E-state index < -0.39 is 29.7 Å². The highest BCUT2D eigenvalue weighted by molar-refractivity contribution is 6.31. The summed E-state index contributed by atoms with van der Waals surface area (Å²) in [5.41, 5.74) is 1.92. The summed E-state index contributed by atoms with van der Waals surface area (Å²) < 4.78 is 16.2. The van der Waals surface area contributed by atoms with Gasteiger partial charge in [0.15, 0.2) is 0 Å². The van der Waals surface area contributed by atoms with E-state index >= 15 is 0 Å². The first-order valence-corrected chi connectivity index (χ1v) is 13.1. The molecule has 0 fully saturated rings. The number of amides is 2. The first-order chi connectivity index (χ1) is 19.2. The SMILES string of the molecule is CCOC(=O)C1=C(COCCNC(=O)c2ccccc2C(=O)NC)N=C(C)C(C(=O)OC)C1c1ccccc1Cl. The first-order valence-electron chi connectivity index (χ1n) is 12.7. The van der Waals surface area contributed by atoms with Gasteiger partial charge < -0.3 is 24.8 Å². The number of hydrogen-bond donors (Lipinski definition) is 2.